The molecule has 2 aromatic rings. The average Bonchev–Trinajstić information content (AvgIpc) is 3.20. The van der Waals surface area contributed by atoms with Crippen molar-refractivity contribution in [2.45, 2.75) is 18.8 Å². The topological polar surface area (TPSA) is 99.3 Å². The van der Waals surface area contributed by atoms with Crippen LogP contribution in [0.3, 0.4) is 0 Å². The van der Waals surface area contributed by atoms with Crippen molar-refractivity contribution >= 4 is 35.1 Å². The van der Waals surface area contributed by atoms with Crippen LogP contribution in [0.25, 0.3) is 5.69 Å². The maximum Gasteiger partial charge on any atom is 0.283 e. The van der Waals surface area contributed by atoms with Gasteiger partial charge in [-0.25, -0.2) is 4.68 Å². The highest BCUT2D eigenvalue weighted by atomic mass is 35.5. The lowest BCUT2D eigenvalue weighted by atomic mass is 10.1. The molecule has 1 aliphatic carbocycles. The van der Waals surface area contributed by atoms with E-state index in [1.807, 2.05) is 0 Å². The van der Waals surface area contributed by atoms with Gasteiger partial charge in [0.2, 0.25) is 0 Å². The molecule has 1 saturated carbocycles. The highest BCUT2D eigenvalue weighted by Crippen LogP contribution is 2.43. The number of nitrogens with two attached hydrogens (primary N) is 2. The summed E-state index contributed by atoms with van der Waals surface area (Å²) in [6.45, 7) is 0. The van der Waals surface area contributed by atoms with Gasteiger partial charge in [0, 0.05) is 5.92 Å². The fourth-order valence-electron chi connectivity index (χ4n) is 2.30. The number of aromatic nitrogens is 2. The zero-order valence-electron chi connectivity index (χ0n) is 11.5. The van der Waals surface area contributed by atoms with E-state index < -0.39 is 5.91 Å². The lowest BCUT2D eigenvalue weighted by molar-refractivity contribution is 0.100. The maximum atomic E-state index is 12.1. The summed E-state index contributed by atoms with van der Waals surface area (Å²) in [7, 11) is 0. The van der Waals surface area contributed by atoms with Crippen LogP contribution < -0.4 is 11.5 Å². The third-order valence-corrected chi connectivity index (χ3v) is 4.20. The number of hydrogen-bond acceptors (Lipinski definition) is 2. The number of hydrogen-bond donors (Lipinski definition) is 2. The highest BCUT2D eigenvalue weighted by Gasteiger charge is 2.33. The van der Waals surface area contributed by atoms with E-state index in [0.29, 0.717) is 21.3 Å². The van der Waals surface area contributed by atoms with Crippen LogP contribution in [0.5, 0.6) is 0 Å². The lowest BCUT2D eigenvalue weighted by Gasteiger charge is -2.10. The number of nitrogens with zero attached hydrogens (tertiary/aromatic N) is 3. The van der Waals surface area contributed by atoms with Crippen LogP contribution in [0.1, 0.15) is 34.8 Å². The van der Waals surface area contributed by atoms with Crippen LogP contribution in [0.4, 0.5) is 0 Å². The highest BCUT2D eigenvalue weighted by molar-refractivity contribution is 6.43. The molecule has 0 aliphatic heterocycles. The molecule has 3 rings (SSSR count). The van der Waals surface area contributed by atoms with E-state index >= 15 is 0 Å². The van der Waals surface area contributed by atoms with Gasteiger partial charge in [0.1, 0.15) is 0 Å². The van der Waals surface area contributed by atoms with E-state index in [2.05, 4.69) is 10.1 Å². The molecule has 1 heterocycles. The summed E-state index contributed by atoms with van der Waals surface area (Å²) in [5, 5.41) is 5.09. The van der Waals surface area contributed by atoms with Gasteiger partial charge < -0.3 is 11.5 Å². The monoisotopic (exact) mass is 337 g/mol. The molecule has 8 heteroatoms. The molecule has 114 valence electrons. The summed E-state index contributed by atoms with van der Waals surface area (Å²) >= 11 is 12.3. The van der Waals surface area contributed by atoms with Crippen molar-refractivity contribution in [3.63, 3.8) is 0 Å². The minimum Gasteiger partial charge on any atom is -0.370 e. The molecule has 22 heavy (non-hydrogen) atoms. The quantitative estimate of drug-likeness (QED) is 0.663. The predicted octanol–water partition coefficient (Wildman–Crippen LogP) is 2.47. The number of aliphatic imine (C=N–C) groups is 1. The standard InChI is InChI=1S/C14H13Cl2N5O/c15-9-2-1-3-10(11(9)16)21-12(7-4-5-7)8(6-19-21)13(22)20-14(17)18/h1-3,6-7H,4-5H2,(H4,17,18,20,22). The van der Waals surface area contributed by atoms with Crippen molar-refractivity contribution < 1.29 is 4.79 Å². The number of benzene rings is 1. The fourth-order valence-corrected chi connectivity index (χ4v) is 2.67. The molecular formula is C14H13Cl2N5O. The van der Waals surface area contributed by atoms with Gasteiger partial charge in [-0.1, -0.05) is 29.3 Å². The SMILES string of the molecule is NC(N)=NC(=O)c1cnn(-c2cccc(Cl)c2Cl)c1C1CC1. The van der Waals surface area contributed by atoms with E-state index in [4.69, 9.17) is 34.7 Å². The Balaban J connectivity index is 2.14. The Labute approximate surface area is 136 Å². The Morgan fingerprint density at radius 1 is 1.32 bits per heavy atom. The Morgan fingerprint density at radius 3 is 2.68 bits per heavy atom. The van der Waals surface area contributed by atoms with E-state index in [1.54, 1.807) is 22.9 Å². The van der Waals surface area contributed by atoms with Gasteiger partial charge in [-0.05, 0) is 25.0 Å². The number of guanidine groups is 1. The van der Waals surface area contributed by atoms with Gasteiger partial charge >= 0.3 is 0 Å². The Kier molecular flexibility index (Phi) is 3.80. The van der Waals surface area contributed by atoms with Crippen molar-refractivity contribution in [1.29, 1.82) is 0 Å². The molecule has 0 radical (unpaired) electrons. The van der Waals surface area contributed by atoms with Gasteiger partial charge in [0.25, 0.3) is 5.91 Å². The minimum atomic E-state index is -0.508. The molecule has 0 spiro atoms. The molecular weight excluding hydrogens is 325 g/mol. The Hall–Kier alpha value is -2.05. The van der Waals surface area contributed by atoms with Crippen LogP contribution in [-0.2, 0) is 0 Å². The number of halogens is 2. The summed E-state index contributed by atoms with van der Waals surface area (Å²) in [5.41, 5.74) is 12.3. The van der Waals surface area contributed by atoms with Crippen molar-refractivity contribution in [2.75, 3.05) is 0 Å². The lowest BCUT2D eigenvalue weighted by Crippen LogP contribution is -2.24. The number of amides is 1. The van der Waals surface area contributed by atoms with E-state index in [-0.39, 0.29) is 11.9 Å². The van der Waals surface area contributed by atoms with Crippen LogP contribution in [0.15, 0.2) is 29.4 Å². The van der Waals surface area contributed by atoms with Gasteiger partial charge in [-0.2, -0.15) is 10.1 Å². The first-order valence-electron chi connectivity index (χ1n) is 6.65. The molecule has 1 aromatic heterocycles. The second-order valence-electron chi connectivity index (χ2n) is 5.04. The second kappa shape index (κ2) is 5.62. The third kappa shape index (κ3) is 2.67. The van der Waals surface area contributed by atoms with E-state index in [1.165, 1.54) is 6.20 Å². The largest absolute Gasteiger partial charge is 0.370 e. The zero-order valence-corrected chi connectivity index (χ0v) is 13.0. The molecule has 1 amide bonds. The minimum absolute atomic E-state index is 0.241. The van der Waals surface area contributed by atoms with E-state index in [9.17, 15) is 4.79 Å². The first-order valence-corrected chi connectivity index (χ1v) is 7.41. The van der Waals surface area contributed by atoms with Crippen LogP contribution in [0.2, 0.25) is 10.0 Å². The summed E-state index contributed by atoms with van der Waals surface area (Å²) < 4.78 is 1.64. The summed E-state index contributed by atoms with van der Waals surface area (Å²) in [5.74, 6) is -0.544. The van der Waals surface area contributed by atoms with Gasteiger partial charge in [0.05, 0.1) is 33.2 Å². The predicted molar refractivity (Wildman–Crippen MR) is 85.7 cm³/mol. The molecule has 0 bridgehead atoms. The first-order chi connectivity index (χ1) is 10.5. The Bertz CT molecular complexity index is 776. The van der Waals surface area contributed by atoms with Crippen LogP contribution in [-0.4, -0.2) is 21.6 Å². The number of carbonyl (C=O) groups excluding carboxylic acids is 1. The normalized spacial score (nSPS) is 13.9. The van der Waals surface area contributed by atoms with E-state index in [0.717, 1.165) is 18.5 Å². The molecule has 1 aromatic carbocycles. The third-order valence-electron chi connectivity index (χ3n) is 3.39. The molecule has 0 atom stereocenters. The van der Waals surface area contributed by atoms with Gasteiger partial charge in [-0.3, -0.25) is 4.79 Å². The van der Waals surface area contributed by atoms with Crippen molar-refractivity contribution in [3.8, 4) is 5.69 Å². The molecule has 4 N–H and O–H groups in total. The number of rotatable bonds is 3. The van der Waals surface area contributed by atoms with Crippen molar-refractivity contribution in [1.82, 2.24) is 9.78 Å². The molecule has 0 unspecified atom stereocenters. The van der Waals surface area contributed by atoms with Gasteiger partial charge in [-0.15, -0.1) is 0 Å². The molecule has 6 nitrogen and oxygen atoms in total. The smallest absolute Gasteiger partial charge is 0.283 e. The van der Waals surface area contributed by atoms with Crippen molar-refractivity contribution in [2.24, 2.45) is 16.5 Å². The average molecular weight is 338 g/mol. The van der Waals surface area contributed by atoms with Gasteiger partial charge in [0.15, 0.2) is 5.96 Å². The fraction of sp³-hybridized carbons (Fsp3) is 0.214. The van der Waals surface area contributed by atoms with Crippen LogP contribution in [0, 0.1) is 0 Å². The molecule has 1 aliphatic rings. The maximum absolute atomic E-state index is 12.1. The second-order valence-corrected chi connectivity index (χ2v) is 5.83. The summed E-state index contributed by atoms with van der Waals surface area (Å²) in [6.07, 6.45) is 3.41. The summed E-state index contributed by atoms with van der Waals surface area (Å²) in [6, 6.07) is 5.26. The zero-order chi connectivity index (χ0) is 15.9. The van der Waals surface area contributed by atoms with Crippen molar-refractivity contribution in [3.05, 3.63) is 45.7 Å². The molecule has 0 saturated heterocycles. The van der Waals surface area contributed by atoms with Crippen LogP contribution >= 0.6 is 23.2 Å². The Morgan fingerprint density at radius 2 is 2.05 bits per heavy atom. The molecule has 1 fully saturated rings. The first kappa shape index (κ1) is 14.9. The summed E-state index contributed by atoms with van der Waals surface area (Å²) in [4.78, 5) is 15.7. The number of carbonyl (C=O) groups is 1.